The van der Waals surface area contributed by atoms with Crippen LogP contribution in [0.4, 0.5) is 0 Å². The van der Waals surface area contributed by atoms with Gasteiger partial charge >= 0.3 is 0 Å². The molecule has 0 amide bonds. The molecule has 1 heterocycles. The molecule has 5 nitrogen and oxygen atoms in total. The highest BCUT2D eigenvalue weighted by atomic mass is 32.2. The standard InChI is InChI=1S/C20H22O5S2/c1-11(2)26(23)20-15-8-9-27(24,25)18(15)12(3)10-16(20)17(21)13-6-4-5-7-14(13)19(20)22/h4-7,11,15-16H,8-10H2,1-3H3/t15-,16+,20-,26-/m0/s1. The zero-order valence-corrected chi connectivity index (χ0v) is 17.2. The van der Waals surface area contributed by atoms with Crippen molar-refractivity contribution >= 4 is 32.2 Å². The normalized spacial score (nSPS) is 32.9. The van der Waals surface area contributed by atoms with Crippen LogP contribution >= 0.6 is 0 Å². The molecule has 1 aromatic rings. The molecular formula is C20H22O5S2. The third-order valence-electron chi connectivity index (χ3n) is 6.16. The van der Waals surface area contributed by atoms with Crippen LogP contribution in [0.2, 0.25) is 0 Å². The molecular weight excluding hydrogens is 384 g/mol. The summed E-state index contributed by atoms with van der Waals surface area (Å²) in [6.07, 6.45) is 0.410. The summed E-state index contributed by atoms with van der Waals surface area (Å²) in [6, 6.07) is 6.64. The molecule has 0 spiro atoms. The number of ketones is 2. The summed E-state index contributed by atoms with van der Waals surface area (Å²) in [6.45, 7) is 5.24. The summed E-state index contributed by atoms with van der Waals surface area (Å²) >= 11 is 0. The number of carbonyl (C=O) groups excluding carboxylic acids is 2. The summed E-state index contributed by atoms with van der Waals surface area (Å²) in [4.78, 5) is 27.4. The van der Waals surface area contributed by atoms with Crippen molar-refractivity contribution in [2.24, 2.45) is 11.8 Å². The van der Waals surface area contributed by atoms with E-state index in [1.165, 1.54) is 0 Å². The van der Waals surface area contributed by atoms with Crippen molar-refractivity contribution in [3.8, 4) is 0 Å². The highest BCUT2D eigenvalue weighted by Crippen LogP contribution is 2.56. The van der Waals surface area contributed by atoms with Crippen LogP contribution in [0.25, 0.3) is 0 Å². The average molecular weight is 407 g/mol. The Labute approximate surface area is 161 Å². The number of allylic oxidation sites excluding steroid dienone is 2. The first-order valence-electron chi connectivity index (χ1n) is 9.15. The molecule has 1 aliphatic heterocycles. The van der Waals surface area contributed by atoms with Gasteiger partial charge in [-0.15, -0.1) is 0 Å². The van der Waals surface area contributed by atoms with Gasteiger partial charge in [-0.05, 0) is 19.8 Å². The zero-order valence-electron chi connectivity index (χ0n) is 15.5. The quantitative estimate of drug-likeness (QED) is 0.754. The number of rotatable bonds is 2. The third kappa shape index (κ3) is 2.27. The van der Waals surface area contributed by atoms with Gasteiger partial charge < -0.3 is 0 Å². The Morgan fingerprint density at radius 2 is 1.74 bits per heavy atom. The molecule has 7 heteroatoms. The molecule has 0 saturated carbocycles. The molecule has 3 aliphatic rings. The van der Waals surface area contributed by atoms with E-state index in [-0.39, 0.29) is 45.9 Å². The summed E-state index contributed by atoms with van der Waals surface area (Å²) in [5, 5.41) is -0.363. The maximum atomic E-state index is 13.8. The lowest BCUT2D eigenvalue weighted by molar-refractivity contribution is 0.0713. The number of sulfone groups is 1. The minimum Gasteiger partial charge on any atom is -0.294 e. The van der Waals surface area contributed by atoms with Crippen molar-refractivity contribution in [2.75, 3.05) is 5.75 Å². The molecule has 0 radical (unpaired) electrons. The minimum absolute atomic E-state index is 0.0583. The van der Waals surface area contributed by atoms with Crippen LogP contribution in [0.5, 0.6) is 0 Å². The monoisotopic (exact) mass is 406 g/mol. The molecule has 0 bridgehead atoms. The topological polar surface area (TPSA) is 85.3 Å². The maximum Gasteiger partial charge on any atom is 0.183 e. The van der Waals surface area contributed by atoms with Crippen LogP contribution in [0, 0.1) is 11.8 Å². The molecule has 1 aromatic carbocycles. The largest absolute Gasteiger partial charge is 0.294 e. The van der Waals surface area contributed by atoms with Gasteiger partial charge in [0, 0.05) is 38.0 Å². The number of fused-ring (bicyclic) bond motifs is 4. The Balaban J connectivity index is 2.08. The summed E-state index contributed by atoms with van der Waals surface area (Å²) < 4.78 is 37.5. The Morgan fingerprint density at radius 1 is 1.11 bits per heavy atom. The van der Waals surface area contributed by atoms with E-state index in [4.69, 9.17) is 0 Å². The van der Waals surface area contributed by atoms with Gasteiger partial charge in [-0.3, -0.25) is 13.8 Å². The van der Waals surface area contributed by atoms with Gasteiger partial charge in [0.25, 0.3) is 0 Å². The molecule has 1 saturated heterocycles. The molecule has 27 heavy (non-hydrogen) atoms. The number of carbonyl (C=O) groups is 2. The van der Waals surface area contributed by atoms with E-state index < -0.39 is 37.2 Å². The van der Waals surface area contributed by atoms with Gasteiger partial charge in [0.2, 0.25) is 0 Å². The average Bonchev–Trinajstić information content (AvgIpc) is 2.95. The molecule has 0 aromatic heterocycles. The van der Waals surface area contributed by atoms with Crippen molar-refractivity contribution in [1.82, 2.24) is 0 Å². The highest BCUT2D eigenvalue weighted by Gasteiger charge is 2.67. The summed E-state index contributed by atoms with van der Waals surface area (Å²) in [5.41, 5.74) is 1.27. The third-order valence-corrected chi connectivity index (χ3v) is 10.5. The first-order chi connectivity index (χ1) is 12.6. The number of benzene rings is 1. The van der Waals surface area contributed by atoms with Crippen LogP contribution < -0.4 is 0 Å². The fourth-order valence-electron chi connectivity index (χ4n) is 5.16. The molecule has 0 unspecified atom stereocenters. The van der Waals surface area contributed by atoms with E-state index in [9.17, 15) is 22.2 Å². The van der Waals surface area contributed by atoms with Crippen LogP contribution in [0.3, 0.4) is 0 Å². The Kier molecular flexibility index (Phi) is 4.13. The number of hydrogen-bond acceptors (Lipinski definition) is 5. The van der Waals surface area contributed by atoms with Gasteiger partial charge in [-0.2, -0.15) is 0 Å². The SMILES string of the molecule is CC1=C2[C@H](CCS2(=O)=O)[C@@]2([S@@](=O)C(C)C)C(=O)c3ccccc3C(=O)[C@H]2C1. The van der Waals surface area contributed by atoms with E-state index in [0.717, 1.165) is 0 Å². The second-order valence-corrected chi connectivity index (χ2v) is 12.2. The number of Topliss-reactive ketones (excluding diaryl/α,β-unsaturated/α-hetero) is 2. The predicted molar refractivity (Wildman–Crippen MR) is 104 cm³/mol. The Hall–Kier alpha value is -1.60. The maximum absolute atomic E-state index is 13.8. The van der Waals surface area contributed by atoms with Crippen LogP contribution in [-0.4, -0.2) is 39.9 Å². The van der Waals surface area contributed by atoms with E-state index in [1.807, 2.05) is 0 Å². The lowest BCUT2D eigenvalue weighted by atomic mass is 9.62. The lowest BCUT2D eigenvalue weighted by Crippen LogP contribution is -2.63. The number of hydrogen-bond donors (Lipinski definition) is 0. The first-order valence-corrected chi connectivity index (χ1v) is 12.0. The highest BCUT2D eigenvalue weighted by molar-refractivity contribution is 7.95. The molecule has 1 fully saturated rings. The van der Waals surface area contributed by atoms with Crippen LogP contribution in [-0.2, 0) is 20.6 Å². The second kappa shape index (κ2) is 5.95. The van der Waals surface area contributed by atoms with Crippen molar-refractivity contribution in [2.45, 2.75) is 43.6 Å². The van der Waals surface area contributed by atoms with E-state index in [1.54, 1.807) is 45.0 Å². The van der Waals surface area contributed by atoms with Gasteiger partial charge in [0.1, 0.15) is 4.75 Å². The Morgan fingerprint density at radius 3 is 2.37 bits per heavy atom. The molecule has 4 atom stereocenters. The second-order valence-electron chi connectivity index (χ2n) is 7.94. The van der Waals surface area contributed by atoms with Gasteiger partial charge in [0.15, 0.2) is 21.4 Å². The Bertz CT molecular complexity index is 1030. The fraction of sp³-hybridized carbons (Fsp3) is 0.500. The van der Waals surface area contributed by atoms with Crippen molar-refractivity contribution in [1.29, 1.82) is 0 Å². The van der Waals surface area contributed by atoms with Crippen LogP contribution in [0.15, 0.2) is 34.7 Å². The molecule has 4 rings (SSSR count). The molecule has 144 valence electrons. The lowest BCUT2D eigenvalue weighted by Gasteiger charge is -2.49. The summed E-state index contributed by atoms with van der Waals surface area (Å²) in [7, 11) is -5.16. The van der Waals surface area contributed by atoms with Gasteiger partial charge in [-0.25, -0.2) is 8.42 Å². The van der Waals surface area contributed by atoms with Crippen molar-refractivity contribution < 1.29 is 22.2 Å². The molecule has 2 aliphatic carbocycles. The van der Waals surface area contributed by atoms with Crippen molar-refractivity contribution in [3.05, 3.63) is 45.9 Å². The van der Waals surface area contributed by atoms with Crippen molar-refractivity contribution in [3.63, 3.8) is 0 Å². The first kappa shape index (κ1) is 18.7. The van der Waals surface area contributed by atoms with Crippen LogP contribution in [0.1, 0.15) is 54.3 Å². The van der Waals surface area contributed by atoms with E-state index in [2.05, 4.69) is 0 Å². The predicted octanol–water partition coefficient (Wildman–Crippen LogP) is 2.69. The van der Waals surface area contributed by atoms with Gasteiger partial charge in [0.05, 0.1) is 11.7 Å². The smallest absolute Gasteiger partial charge is 0.183 e. The van der Waals surface area contributed by atoms with E-state index >= 15 is 0 Å². The summed E-state index contributed by atoms with van der Waals surface area (Å²) in [5.74, 6) is -2.04. The zero-order chi connectivity index (χ0) is 19.7. The van der Waals surface area contributed by atoms with Gasteiger partial charge in [-0.1, -0.05) is 43.7 Å². The molecule has 0 N–H and O–H groups in total. The fourth-order valence-corrected chi connectivity index (χ4v) is 9.42. The minimum atomic E-state index is -3.48. The van der Waals surface area contributed by atoms with E-state index in [0.29, 0.717) is 11.1 Å².